The number of halogens is 1. The molecule has 15 heavy (non-hydrogen) atoms. The molecule has 1 saturated heterocycles. The zero-order chi connectivity index (χ0) is 10.8. The van der Waals surface area contributed by atoms with E-state index in [-0.39, 0.29) is 12.0 Å². The van der Waals surface area contributed by atoms with Crippen LogP contribution >= 0.6 is 0 Å². The molecule has 1 aliphatic heterocycles. The van der Waals surface area contributed by atoms with E-state index < -0.39 is 5.95 Å². The number of hydrogen-bond acceptors (Lipinski definition) is 3. The lowest BCUT2D eigenvalue weighted by atomic mass is 10.0. The molecule has 82 valence electrons. The third-order valence-electron chi connectivity index (χ3n) is 2.93. The van der Waals surface area contributed by atoms with Crippen LogP contribution in [0, 0.1) is 11.9 Å². The van der Waals surface area contributed by atoms with E-state index in [1.54, 1.807) is 19.1 Å². The third kappa shape index (κ3) is 2.26. The number of nitrogens with zero attached hydrogens (tertiary/aromatic N) is 2. The lowest BCUT2D eigenvalue weighted by Gasteiger charge is -2.18. The number of anilines is 1. The zero-order valence-electron chi connectivity index (χ0n) is 8.73. The molecule has 4 heteroatoms. The van der Waals surface area contributed by atoms with Gasteiger partial charge < -0.3 is 10.0 Å². The molecule has 1 aliphatic rings. The van der Waals surface area contributed by atoms with Gasteiger partial charge in [0.05, 0.1) is 6.10 Å². The molecule has 0 radical (unpaired) electrons. The van der Waals surface area contributed by atoms with Gasteiger partial charge >= 0.3 is 0 Å². The van der Waals surface area contributed by atoms with Crippen molar-refractivity contribution in [3.63, 3.8) is 0 Å². The van der Waals surface area contributed by atoms with Crippen LogP contribution in [0.25, 0.3) is 0 Å². The van der Waals surface area contributed by atoms with Gasteiger partial charge in [0, 0.05) is 19.0 Å². The maximum atomic E-state index is 12.9. The lowest BCUT2D eigenvalue weighted by molar-refractivity contribution is 0.136. The molecule has 0 amide bonds. The van der Waals surface area contributed by atoms with Gasteiger partial charge in [-0.15, -0.1) is 0 Å². The summed E-state index contributed by atoms with van der Waals surface area (Å²) in [6.07, 6.45) is 0.638. The average molecular weight is 210 g/mol. The monoisotopic (exact) mass is 210 g/mol. The van der Waals surface area contributed by atoms with Crippen LogP contribution in [0.15, 0.2) is 18.2 Å². The predicted octanol–water partition coefficient (Wildman–Crippen LogP) is 1.43. The Hall–Kier alpha value is -1.16. The summed E-state index contributed by atoms with van der Waals surface area (Å²) in [6.45, 7) is 3.40. The van der Waals surface area contributed by atoms with Gasteiger partial charge in [-0.25, -0.2) is 4.98 Å². The van der Waals surface area contributed by atoms with Crippen molar-refractivity contribution in [2.45, 2.75) is 19.4 Å². The molecule has 1 aromatic heterocycles. The summed E-state index contributed by atoms with van der Waals surface area (Å²) in [6, 6.07) is 4.80. The van der Waals surface area contributed by atoms with Gasteiger partial charge in [0.15, 0.2) is 0 Å². The summed E-state index contributed by atoms with van der Waals surface area (Å²) in [5, 5.41) is 9.45. The maximum Gasteiger partial charge on any atom is 0.214 e. The SMILES string of the molecule is CC(O)C1CCN(c2cccc(F)n2)C1. The van der Waals surface area contributed by atoms with Crippen LogP contribution in [0.2, 0.25) is 0 Å². The summed E-state index contributed by atoms with van der Waals surface area (Å²) in [7, 11) is 0. The molecular weight excluding hydrogens is 195 g/mol. The van der Waals surface area contributed by atoms with Crippen LogP contribution in [-0.2, 0) is 0 Å². The summed E-state index contributed by atoms with van der Waals surface area (Å²) < 4.78 is 12.9. The minimum Gasteiger partial charge on any atom is -0.393 e. The highest BCUT2D eigenvalue weighted by Crippen LogP contribution is 2.24. The van der Waals surface area contributed by atoms with Gasteiger partial charge in [-0.2, -0.15) is 4.39 Å². The topological polar surface area (TPSA) is 36.4 Å². The van der Waals surface area contributed by atoms with Crippen molar-refractivity contribution in [2.75, 3.05) is 18.0 Å². The van der Waals surface area contributed by atoms with E-state index in [0.717, 1.165) is 19.5 Å². The van der Waals surface area contributed by atoms with Crippen molar-refractivity contribution < 1.29 is 9.50 Å². The quantitative estimate of drug-likeness (QED) is 0.750. The molecule has 1 aromatic rings. The first kappa shape index (κ1) is 10.4. The van der Waals surface area contributed by atoms with Crippen molar-refractivity contribution >= 4 is 5.82 Å². The Bertz CT molecular complexity index is 343. The van der Waals surface area contributed by atoms with E-state index in [0.29, 0.717) is 5.82 Å². The Morgan fingerprint density at radius 2 is 2.40 bits per heavy atom. The van der Waals surface area contributed by atoms with Crippen molar-refractivity contribution in [3.8, 4) is 0 Å². The van der Waals surface area contributed by atoms with Gasteiger partial charge in [0.2, 0.25) is 5.95 Å². The van der Waals surface area contributed by atoms with E-state index in [1.165, 1.54) is 6.07 Å². The summed E-state index contributed by atoms with van der Waals surface area (Å²) >= 11 is 0. The van der Waals surface area contributed by atoms with Crippen molar-refractivity contribution in [1.29, 1.82) is 0 Å². The Morgan fingerprint density at radius 3 is 3.00 bits per heavy atom. The van der Waals surface area contributed by atoms with E-state index in [9.17, 15) is 9.50 Å². The lowest BCUT2D eigenvalue weighted by Crippen LogP contribution is -2.24. The van der Waals surface area contributed by atoms with Crippen LogP contribution in [0.5, 0.6) is 0 Å². The number of aliphatic hydroxyl groups is 1. The van der Waals surface area contributed by atoms with Gasteiger partial charge in [0.1, 0.15) is 5.82 Å². The molecule has 0 aromatic carbocycles. The first-order valence-corrected chi connectivity index (χ1v) is 5.22. The standard InChI is InChI=1S/C11H15FN2O/c1-8(15)9-5-6-14(7-9)11-4-2-3-10(12)13-11/h2-4,8-9,15H,5-7H2,1H3. The van der Waals surface area contributed by atoms with Crippen LogP contribution in [0.4, 0.5) is 10.2 Å². The molecule has 1 N–H and O–H groups in total. The Kier molecular flexibility index (Phi) is 2.86. The van der Waals surface area contributed by atoms with Crippen LogP contribution in [0.1, 0.15) is 13.3 Å². The molecule has 0 spiro atoms. The van der Waals surface area contributed by atoms with Gasteiger partial charge in [-0.3, -0.25) is 0 Å². The van der Waals surface area contributed by atoms with Gasteiger partial charge in [-0.05, 0) is 25.5 Å². The fourth-order valence-corrected chi connectivity index (χ4v) is 1.96. The van der Waals surface area contributed by atoms with Crippen LogP contribution in [0.3, 0.4) is 0 Å². The second kappa shape index (κ2) is 4.14. The molecule has 2 unspecified atom stereocenters. The molecule has 0 aliphatic carbocycles. The Labute approximate surface area is 88.6 Å². The fourth-order valence-electron chi connectivity index (χ4n) is 1.96. The molecule has 2 heterocycles. The number of aliphatic hydroxyl groups excluding tert-OH is 1. The first-order chi connectivity index (χ1) is 7.16. The number of pyridine rings is 1. The smallest absolute Gasteiger partial charge is 0.214 e. The largest absolute Gasteiger partial charge is 0.393 e. The normalized spacial score (nSPS) is 23.1. The number of rotatable bonds is 2. The summed E-state index contributed by atoms with van der Waals surface area (Å²) in [4.78, 5) is 5.84. The highest BCUT2D eigenvalue weighted by atomic mass is 19.1. The highest BCUT2D eigenvalue weighted by Gasteiger charge is 2.26. The summed E-state index contributed by atoms with van der Waals surface area (Å²) in [5.74, 6) is 0.487. The van der Waals surface area contributed by atoms with E-state index in [1.807, 2.05) is 4.90 Å². The van der Waals surface area contributed by atoms with E-state index >= 15 is 0 Å². The first-order valence-electron chi connectivity index (χ1n) is 5.22. The predicted molar refractivity (Wildman–Crippen MR) is 56.2 cm³/mol. The Morgan fingerprint density at radius 1 is 1.60 bits per heavy atom. The minimum atomic E-state index is -0.451. The van der Waals surface area contributed by atoms with Gasteiger partial charge in [-0.1, -0.05) is 6.07 Å². The Balaban J connectivity index is 2.08. The summed E-state index contributed by atoms with van der Waals surface area (Å²) in [5.41, 5.74) is 0. The van der Waals surface area contributed by atoms with Crippen molar-refractivity contribution in [1.82, 2.24) is 4.98 Å². The maximum absolute atomic E-state index is 12.9. The molecule has 0 saturated carbocycles. The van der Waals surface area contributed by atoms with E-state index in [2.05, 4.69) is 4.98 Å². The molecule has 3 nitrogen and oxygen atoms in total. The number of aromatic nitrogens is 1. The molecule has 2 atom stereocenters. The average Bonchev–Trinajstić information content (AvgIpc) is 2.66. The molecule has 0 bridgehead atoms. The zero-order valence-corrected chi connectivity index (χ0v) is 8.73. The minimum absolute atomic E-state index is 0.273. The number of hydrogen-bond donors (Lipinski definition) is 1. The van der Waals surface area contributed by atoms with Gasteiger partial charge in [0.25, 0.3) is 0 Å². The molecule has 2 rings (SSSR count). The third-order valence-corrected chi connectivity index (χ3v) is 2.93. The van der Waals surface area contributed by atoms with Crippen LogP contribution < -0.4 is 4.90 Å². The second-order valence-electron chi connectivity index (χ2n) is 4.05. The van der Waals surface area contributed by atoms with Crippen molar-refractivity contribution in [2.24, 2.45) is 5.92 Å². The second-order valence-corrected chi connectivity index (χ2v) is 4.05. The van der Waals surface area contributed by atoms with Crippen molar-refractivity contribution in [3.05, 3.63) is 24.1 Å². The van der Waals surface area contributed by atoms with E-state index in [4.69, 9.17) is 0 Å². The van der Waals surface area contributed by atoms with Crippen LogP contribution in [-0.4, -0.2) is 29.3 Å². The fraction of sp³-hybridized carbons (Fsp3) is 0.545. The highest BCUT2D eigenvalue weighted by molar-refractivity contribution is 5.39. The molecular formula is C11H15FN2O. The molecule has 1 fully saturated rings.